The lowest BCUT2D eigenvalue weighted by Crippen LogP contribution is -2.31. The molecule has 0 aliphatic carbocycles. The second-order valence-corrected chi connectivity index (χ2v) is 8.33. The lowest BCUT2D eigenvalue weighted by atomic mass is 9.99. The minimum Gasteiger partial charge on any atom is -0.295 e. The van der Waals surface area contributed by atoms with Crippen LogP contribution in [0.25, 0.3) is 0 Å². The number of hydrogen-bond donors (Lipinski definition) is 0. The summed E-state index contributed by atoms with van der Waals surface area (Å²) in [6, 6.07) is 9.74. The van der Waals surface area contributed by atoms with Gasteiger partial charge in [-0.05, 0) is 43.5 Å². The normalized spacial score (nSPS) is 18.6. The van der Waals surface area contributed by atoms with Gasteiger partial charge >= 0.3 is 6.18 Å². The number of nitrogens with zero attached hydrogens (tertiary/aromatic N) is 1. The number of alkyl halides is 3. The van der Waals surface area contributed by atoms with Crippen molar-refractivity contribution < 1.29 is 26.4 Å². The molecule has 0 spiro atoms. The Kier molecular flexibility index (Phi) is 5.14. The first-order valence-electron chi connectivity index (χ1n) is 8.41. The highest BCUT2D eigenvalue weighted by molar-refractivity contribution is 7.89. The van der Waals surface area contributed by atoms with Crippen molar-refractivity contribution in [3.05, 3.63) is 65.2 Å². The molecule has 8 heteroatoms. The molecule has 1 aliphatic heterocycles. The highest BCUT2D eigenvalue weighted by atomic mass is 32.2. The van der Waals surface area contributed by atoms with Gasteiger partial charge in [-0.15, -0.1) is 0 Å². The van der Waals surface area contributed by atoms with Crippen LogP contribution in [-0.4, -0.2) is 25.1 Å². The van der Waals surface area contributed by atoms with Crippen LogP contribution in [0, 0.1) is 0 Å². The number of ketones is 1. The van der Waals surface area contributed by atoms with Crippen LogP contribution < -0.4 is 0 Å². The average Bonchev–Trinajstić information content (AvgIpc) is 3.11. The maximum Gasteiger partial charge on any atom is 0.416 e. The van der Waals surface area contributed by atoms with Gasteiger partial charge in [0.1, 0.15) is 0 Å². The molecule has 0 bridgehead atoms. The molecule has 1 saturated heterocycles. The predicted molar refractivity (Wildman–Crippen MR) is 93.8 cm³/mol. The van der Waals surface area contributed by atoms with Crippen molar-refractivity contribution >= 4 is 15.8 Å². The van der Waals surface area contributed by atoms with E-state index in [1.165, 1.54) is 49.4 Å². The number of rotatable bonds is 4. The number of carbonyl (C=O) groups excluding carboxylic acids is 1. The smallest absolute Gasteiger partial charge is 0.295 e. The average molecular weight is 397 g/mol. The summed E-state index contributed by atoms with van der Waals surface area (Å²) in [4.78, 5) is 11.5. The monoisotopic (exact) mass is 397 g/mol. The third-order valence-electron chi connectivity index (χ3n) is 4.68. The molecule has 2 aromatic carbocycles. The lowest BCUT2D eigenvalue weighted by molar-refractivity contribution is -0.138. The molecule has 1 heterocycles. The zero-order valence-corrected chi connectivity index (χ0v) is 15.3. The molecule has 1 aliphatic rings. The Morgan fingerprint density at radius 3 is 2.48 bits per heavy atom. The molecule has 1 fully saturated rings. The Hall–Kier alpha value is -2.19. The molecule has 27 heavy (non-hydrogen) atoms. The van der Waals surface area contributed by atoms with Crippen LogP contribution in [0.5, 0.6) is 0 Å². The molecule has 1 atom stereocenters. The van der Waals surface area contributed by atoms with E-state index in [9.17, 15) is 26.4 Å². The van der Waals surface area contributed by atoms with Gasteiger partial charge in [0.25, 0.3) is 0 Å². The third kappa shape index (κ3) is 3.77. The first-order chi connectivity index (χ1) is 12.6. The molecule has 0 saturated carbocycles. The van der Waals surface area contributed by atoms with E-state index in [4.69, 9.17) is 0 Å². The van der Waals surface area contributed by atoms with Crippen molar-refractivity contribution in [1.29, 1.82) is 0 Å². The van der Waals surface area contributed by atoms with Crippen molar-refractivity contribution in [1.82, 2.24) is 4.31 Å². The van der Waals surface area contributed by atoms with Crippen LogP contribution in [0.2, 0.25) is 0 Å². The van der Waals surface area contributed by atoms with E-state index < -0.39 is 27.8 Å². The van der Waals surface area contributed by atoms with E-state index in [1.54, 1.807) is 0 Å². The molecule has 1 unspecified atom stereocenters. The van der Waals surface area contributed by atoms with E-state index >= 15 is 0 Å². The number of Topliss-reactive ketones (excluding diaryl/α,β-unsaturated/α-hetero) is 1. The predicted octanol–water partition coefficient (Wildman–Crippen LogP) is 4.43. The summed E-state index contributed by atoms with van der Waals surface area (Å²) >= 11 is 0. The van der Waals surface area contributed by atoms with Crippen molar-refractivity contribution in [3.63, 3.8) is 0 Å². The SMILES string of the molecule is CC(=O)c1cccc(S(=O)(=O)N2CCCC2c2ccccc2C(F)(F)F)c1. The number of benzene rings is 2. The molecule has 2 aromatic rings. The summed E-state index contributed by atoms with van der Waals surface area (Å²) in [5.41, 5.74) is -0.633. The quantitative estimate of drug-likeness (QED) is 0.717. The van der Waals surface area contributed by atoms with Crippen LogP contribution in [0.1, 0.15) is 47.3 Å². The van der Waals surface area contributed by atoms with E-state index in [2.05, 4.69) is 0 Å². The molecule has 3 rings (SSSR count). The first kappa shape index (κ1) is 19.6. The van der Waals surface area contributed by atoms with Gasteiger partial charge in [-0.1, -0.05) is 30.3 Å². The van der Waals surface area contributed by atoms with Crippen LogP contribution in [-0.2, 0) is 16.2 Å². The lowest BCUT2D eigenvalue weighted by Gasteiger charge is -2.26. The zero-order valence-electron chi connectivity index (χ0n) is 14.5. The Bertz CT molecular complexity index is 970. The standard InChI is InChI=1S/C19H18F3NO3S/c1-13(24)14-6-4-7-15(12-14)27(25,26)23-11-5-10-18(23)16-8-2-3-9-17(16)19(20,21)22/h2-4,6-9,12,18H,5,10-11H2,1H3. The van der Waals surface area contributed by atoms with Crippen molar-refractivity contribution in [2.75, 3.05) is 6.54 Å². The molecular weight excluding hydrogens is 379 g/mol. The van der Waals surface area contributed by atoms with Crippen molar-refractivity contribution in [2.24, 2.45) is 0 Å². The van der Waals surface area contributed by atoms with Crippen LogP contribution >= 0.6 is 0 Å². The Morgan fingerprint density at radius 1 is 1.11 bits per heavy atom. The van der Waals surface area contributed by atoms with Crippen LogP contribution in [0.4, 0.5) is 13.2 Å². The zero-order chi connectivity index (χ0) is 19.8. The van der Waals surface area contributed by atoms with E-state index in [0.717, 1.165) is 10.4 Å². The molecule has 0 amide bonds. The summed E-state index contributed by atoms with van der Waals surface area (Å²) in [5, 5.41) is 0. The molecular formula is C19H18F3NO3S. The van der Waals surface area contributed by atoms with Gasteiger partial charge < -0.3 is 0 Å². The fraction of sp³-hybridized carbons (Fsp3) is 0.316. The maximum atomic E-state index is 13.4. The molecule has 144 valence electrons. The minimum atomic E-state index is -4.57. The summed E-state index contributed by atoms with van der Waals surface area (Å²) in [6.07, 6.45) is -3.80. The summed E-state index contributed by atoms with van der Waals surface area (Å²) < 4.78 is 67.4. The topological polar surface area (TPSA) is 54.5 Å². The Labute approximate surface area is 155 Å². The second kappa shape index (κ2) is 7.09. The number of halogens is 3. The second-order valence-electron chi connectivity index (χ2n) is 6.44. The summed E-state index contributed by atoms with van der Waals surface area (Å²) in [6.45, 7) is 1.45. The number of sulfonamides is 1. The van der Waals surface area contributed by atoms with Gasteiger partial charge in [0.2, 0.25) is 10.0 Å². The fourth-order valence-electron chi connectivity index (χ4n) is 3.40. The van der Waals surface area contributed by atoms with Gasteiger partial charge in [0.15, 0.2) is 5.78 Å². The van der Waals surface area contributed by atoms with E-state index in [0.29, 0.717) is 12.8 Å². The highest BCUT2D eigenvalue weighted by Gasteiger charge is 2.41. The summed E-state index contributed by atoms with van der Waals surface area (Å²) in [7, 11) is -4.04. The Balaban J connectivity index is 2.05. The van der Waals surface area contributed by atoms with Crippen molar-refractivity contribution in [3.8, 4) is 0 Å². The van der Waals surface area contributed by atoms with Gasteiger partial charge in [-0.2, -0.15) is 17.5 Å². The molecule has 0 radical (unpaired) electrons. The van der Waals surface area contributed by atoms with Gasteiger partial charge in [-0.3, -0.25) is 4.79 Å². The fourth-order valence-corrected chi connectivity index (χ4v) is 5.12. The number of hydrogen-bond acceptors (Lipinski definition) is 3. The minimum absolute atomic E-state index is 0.0474. The van der Waals surface area contributed by atoms with Gasteiger partial charge in [-0.25, -0.2) is 8.42 Å². The highest BCUT2D eigenvalue weighted by Crippen LogP contribution is 2.42. The van der Waals surface area contributed by atoms with Crippen LogP contribution in [0.15, 0.2) is 53.4 Å². The van der Waals surface area contributed by atoms with E-state index in [1.807, 2.05) is 0 Å². The Morgan fingerprint density at radius 2 is 1.81 bits per heavy atom. The van der Waals surface area contributed by atoms with Gasteiger partial charge in [0.05, 0.1) is 16.5 Å². The summed E-state index contributed by atoms with van der Waals surface area (Å²) in [5.74, 6) is -0.285. The molecule has 0 aromatic heterocycles. The first-order valence-corrected chi connectivity index (χ1v) is 9.85. The van der Waals surface area contributed by atoms with Crippen LogP contribution in [0.3, 0.4) is 0 Å². The largest absolute Gasteiger partial charge is 0.416 e. The van der Waals surface area contributed by atoms with E-state index in [-0.39, 0.29) is 28.4 Å². The number of carbonyl (C=O) groups is 1. The molecule has 4 nitrogen and oxygen atoms in total. The van der Waals surface area contributed by atoms with Gasteiger partial charge in [0, 0.05) is 12.1 Å². The van der Waals surface area contributed by atoms with Crippen molar-refractivity contribution in [2.45, 2.75) is 36.9 Å². The maximum absolute atomic E-state index is 13.4. The molecule has 0 N–H and O–H groups in total. The third-order valence-corrected chi connectivity index (χ3v) is 6.58.